The van der Waals surface area contributed by atoms with Crippen molar-refractivity contribution < 1.29 is 14.3 Å². The monoisotopic (exact) mass is 292 g/mol. The van der Waals surface area contributed by atoms with E-state index >= 15 is 0 Å². The first-order valence-corrected chi connectivity index (χ1v) is 7.38. The number of benzene rings is 1. The Bertz CT molecular complexity index is 484. The molecule has 0 saturated carbocycles. The lowest BCUT2D eigenvalue weighted by atomic mass is 10.1. The molecule has 0 radical (unpaired) electrons. The molecule has 2 rings (SSSR count). The number of rotatable bonds is 5. The number of nitrogens with one attached hydrogen (secondary N) is 1. The second-order valence-electron chi connectivity index (χ2n) is 5.33. The summed E-state index contributed by atoms with van der Waals surface area (Å²) in [7, 11) is 1.91. The third-order valence-electron chi connectivity index (χ3n) is 3.78. The minimum atomic E-state index is 0.0165. The first-order valence-electron chi connectivity index (χ1n) is 7.38. The molecule has 21 heavy (non-hydrogen) atoms. The Morgan fingerprint density at radius 1 is 1.43 bits per heavy atom. The largest absolute Gasteiger partial charge is 0.483 e. The normalized spacial score (nSPS) is 16.6. The second kappa shape index (κ2) is 7.43. The van der Waals surface area contributed by atoms with Crippen LogP contribution in [0.4, 0.5) is 0 Å². The van der Waals surface area contributed by atoms with E-state index in [9.17, 15) is 4.79 Å². The van der Waals surface area contributed by atoms with Gasteiger partial charge in [0.15, 0.2) is 6.61 Å². The van der Waals surface area contributed by atoms with Crippen LogP contribution in [0.25, 0.3) is 0 Å². The standard InChI is InChI=1S/C16H24N2O3/c1-12-4-5-14(13(2)17-3)15(10-12)21-11-16(19)18-6-8-20-9-7-18/h4-5,10,13,17H,6-9,11H2,1-3H3. The van der Waals surface area contributed by atoms with Gasteiger partial charge in [0, 0.05) is 24.7 Å². The fourth-order valence-electron chi connectivity index (χ4n) is 2.32. The number of amides is 1. The number of hydrogen-bond acceptors (Lipinski definition) is 4. The molecule has 5 heteroatoms. The second-order valence-corrected chi connectivity index (χ2v) is 5.33. The third kappa shape index (κ3) is 4.19. The Morgan fingerprint density at radius 3 is 2.81 bits per heavy atom. The van der Waals surface area contributed by atoms with Crippen molar-refractivity contribution in [1.82, 2.24) is 10.2 Å². The first-order chi connectivity index (χ1) is 10.1. The summed E-state index contributed by atoms with van der Waals surface area (Å²) < 4.78 is 11.0. The molecule has 0 bridgehead atoms. The van der Waals surface area contributed by atoms with Gasteiger partial charge in [-0.15, -0.1) is 0 Å². The maximum absolute atomic E-state index is 12.1. The number of aryl methyl sites for hydroxylation is 1. The molecule has 5 nitrogen and oxygen atoms in total. The van der Waals surface area contributed by atoms with Crippen LogP contribution < -0.4 is 10.1 Å². The van der Waals surface area contributed by atoms with Crippen molar-refractivity contribution in [3.05, 3.63) is 29.3 Å². The number of carbonyl (C=O) groups is 1. The van der Waals surface area contributed by atoms with Crippen LogP contribution >= 0.6 is 0 Å². The SMILES string of the molecule is CNC(C)c1ccc(C)cc1OCC(=O)N1CCOCC1. The van der Waals surface area contributed by atoms with Gasteiger partial charge in [-0.3, -0.25) is 4.79 Å². The van der Waals surface area contributed by atoms with Gasteiger partial charge in [-0.05, 0) is 32.5 Å². The number of hydrogen-bond donors (Lipinski definition) is 1. The van der Waals surface area contributed by atoms with Gasteiger partial charge in [0.1, 0.15) is 5.75 Å². The highest BCUT2D eigenvalue weighted by atomic mass is 16.5. The fraction of sp³-hybridized carbons (Fsp3) is 0.562. The minimum Gasteiger partial charge on any atom is -0.483 e. The third-order valence-corrected chi connectivity index (χ3v) is 3.78. The predicted octanol–water partition coefficient (Wildman–Crippen LogP) is 1.51. The number of ether oxygens (including phenoxy) is 2. The Morgan fingerprint density at radius 2 is 2.14 bits per heavy atom. The molecule has 0 spiro atoms. The van der Waals surface area contributed by atoms with E-state index in [-0.39, 0.29) is 18.6 Å². The molecule has 1 amide bonds. The average molecular weight is 292 g/mol. The Labute approximate surface area is 126 Å². The smallest absolute Gasteiger partial charge is 0.260 e. The molecular formula is C16H24N2O3. The summed E-state index contributed by atoms with van der Waals surface area (Å²) in [4.78, 5) is 13.9. The lowest BCUT2D eigenvalue weighted by molar-refractivity contribution is -0.137. The molecule has 0 aliphatic carbocycles. The van der Waals surface area contributed by atoms with Crippen LogP contribution in [0, 0.1) is 6.92 Å². The Hall–Kier alpha value is -1.59. The van der Waals surface area contributed by atoms with Gasteiger partial charge in [0.2, 0.25) is 0 Å². The summed E-state index contributed by atoms with van der Waals surface area (Å²) in [6, 6.07) is 6.26. The molecule has 1 heterocycles. The molecule has 0 aromatic heterocycles. The summed E-state index contributed by atoms with van der Waals surface area (Å²) >= 11 is 0. The highest BCUT2D eigenvalue weighted by Crippen LogP contribution is 2.26. The van der Waals surface area contributed by atoms with E-state index in [1.165, 1.54) is 0 Å². The zero-order valence-corrected chi connectivity index (χ0v) is 13.0. The van der Waals surface area contributed by atoms with E-state index in [4.69, 9.17) is 9.47 Å². The lowest BCUT2D eigenvalue weighted by Crippen LogP contribution is -2.43. The topological polar surface area (TPSA) is 50.8 Å². The Balaban J connectivity index is 2.01. The first kappa shape index (κ1) is 15.8. The van der Waals surface area contributed by atoms with Gasteiger partial charge in [-0.2, -0.15) is 0 Å². The fourth-order valence-corrected chi connectivity index (χ4v) is 2.32. The summed E-state index contributed by atoms with van der Waals surface area (Å²) in [5, 5.41) is 3.20. The zero-order chi connectivity index (χ0) is 15.2. The molecule has 1 saturated heterocycles. The van der Waals surface area contributed by atoms with Crippen LogP contribution in [0.15, 0.2) is 18.2 Å². The van der Waals surface area contributed by atoms with Crippen LogP contribution in [-0.2, 0) is 9.53 Å². The Kier molecular flexibility index (Phi) is 5.59. The lowest BCUT2D eigenvalue weighted by Gasteiger charge is -2.27. The van der Waals surface area contributed by atoms with E-state index in [0.29, 0.717) is 26.3 Å². The maximum Gasteiger partial charge on any atom is 0.260 e. The maximum atomic E-state index is 12.1. The van der Waals surface area contributed by atoms with Gasteiger partial charge < -0.3 is 19.7 Å². The highest BCUT2D eigenvalue weighted by molar-refractivity contribution is 5.77. The number of carbonyl (C=O) groups excluding carboxylic acids is 1. The van der Waals surface area contributed by atoms with E-state index in [0.717, 1.165) is 16.9 Å². The van der Waals surface area contributed by atoms with Crippen LogP contribution in [0.1, 0.15) is 24.1 Å². The van der Waals surface area contributed by atoms with E-state index < -0.39 is 0 Å². The molecular weight excluding hydrogens is 268 g/mol. The van der Waals surface area contributed by atoms with Crippen LogP contribution in [0.5, 0.6) is 5.75 Å². The number of morpholine rings is 1. The van der Waals surface area contributed by atoms with E-state index in [1.807, 2.05) is 26.1 Å². The van der Waals surface area contributed by atoms with Crippen molar-refractivity contribution in [2.45, 2.75) is 19.9 Å². The predicted molar refractivity (Wildman–Crippen MR) is 81.5 cm³/mol. The van der Waals surface area contributed by atoms with Gasteiger partial charge in [0.05, 0.1) is 13.2 Å². The molecule has 1 aromatic carbocycles. The molecule has 1 aliphatic rings. The molecule has 1 N–H and O–H groups in total. The van der Waals surface area contributed by atoms with Gasteiger partial charge >= 0.3 is 0 Å². The van der Waals surface area contributed by atoms with Gasteiger partial charge in [0.25, 0.3) is 5.91 Å². The van der Waals surface area contributed by atoms with Gasteiger partial charge in [-0.25, -0.2) is 0 Å². The quantitative estimate of drug-likeness (QED) is 0.894. The van der Waals surface area contributed by atoms with Crippen molar-refractivity contribution >= 4 is 5.91 Å². The van der Waals surface area contributed by atoms with Crippen LogP contribution in [-0.4, -0.2) is 50.8 Å². The summed E-state index contributed by atoms with van der Waals surface area (Å²) in [6.45, 7) is 6.68. The van der Waals surface area contributed by atoms with Crippen molar-refractivity contribution in [2.75, 3.05) is 40.0 Å². The van der Waals surface area contributed by atoms with Crippen LogP contribution in [0.2, 0.25) is 0 Å². The van der Waals surface area contributed by atoms with E-state index in [2.05, 4.69) is 18.3 Å². The zero-order valence-electron chi connectivity index (χ0n) is 13.0. The molecule has 1 aliphatic heterocycles. The minimum absolute atomic E-state index is 0.0165. The van der Waals surface area contributed by atoms with Crippen molar-refractivity contribution in [3.8, 4) is 5.75 Å². The van der Waals surface area contributed by atoms with Gasteiger partial charge in [-0.1, -0.05) is 12.1 Å². The summed E-state index contributed by atoms with van der Waals surface area (Å²) in [5.74, 6) is 0.793. The summed E-state index contributed by atoms with van der Waals surface area (Å²) in [6.07, 6.45) is 0. The molecule has 1 atom stereocenters. The molecule has 1 unspecified atom stereocenters. The summed E-state index contributed by atoms with van der Waals surface area (Å²) in [5.41, 5.74) is 2.19. The highest BCUT2D eigenvalue weighted by Gasteiger charge is 2.18. The van der Waals surface area contributed by atoms with Crippen LogP contribution in [0.3, 0.4) is 0 Å². The molecule has 116 valence electrons. The van der Waals surface area contributed by atoms with Crippen molar-refractivity contribution in [3.63, 3.8) is 0 Å². The van der Waals surface area contributed by atoms with E-state index in [1.54, 1.807) is 4.90 Å². The average Bonchev–Trinajstić information content (AvgIpc) is 2.52. The molecule has 1 fully saturated rings. The number of nitrogens with zero attached hydrogens (tertiary/aromatic N) is 1. The molecule has 1 aromatic rings. The van der Waals surface area contributed by atoms with Crippen molar-refractivity contribution in [1.29, 1.82) is 0 Å². The van der Waals surface area contributed by atoms with Crippen molar-refractivity contribution in [2.24, 2.45) is 0 Å².